The van der Waals surface area contributed by atoms with E-state index in [0.29, 0.717) is 6.04 Å². The lowest BCUT2D eigenvalue weighted by Gasteiger charge is -2.27. The number of nitrogens with one attached hydrogen (secondary N) is 1. The molecule has 0 aliphatic carbocycles. The molecule has 0 spiro atoms. The second kappa shape index (κ2) is 5.14. The monoisotopic (exact) mass is 255 g/mol. The lowest BCUT2D eigenvalue weighted by Crippen LogP contribution is -2.31. The molecule has 2 heteroatoms. The first-order valence-corrected chi connectivity index (χ1v) is 6.80. The third-order valence-electron chi connectivity index (χ3n) is 3.94. The van der Waals surface area contributed by atoms with Crippen molar-refractivity contribution >= 4 is 0 Å². The third kappa shape index (κ3) is 2.54. The molecule has 0 saturated carbocycles. The highest BCUT2D eigenvalue weighted by atomic mass is 19.1. The van der Waals surface area contributed by atoms with Gasteiger partial charge in [0.05, 0.1) is 0 Å². The Bertz CT molecular complexity index is 592. The van der Waals surface area contributed by atoms with Gasteiger partial charge in [-0.2, -0.15) is 0 Å². The molecule has 0 radical (unpaired) electrons. The molecule has 19 heavy (non-hydrogen) atoms. The molecule has 1 atom stereocenters. The lowest BCUT2D eigenvalue weighted by molar-refractivity contribution is 0.501. The van der Waals surface area contributed by atoms with Gasteiger partial charge >= 0.3 is 0 Å². The van der Waals surface area contributed by atoms with Crippen LogP contribution in [0.4, 0.5) is 4.39 Å². The third-order valence-corrected chi connectivity index (χ3v) is 3.94. The van der Waals surface area contributed by atoms with Crippen molar-refractivity contribution in [3.8, 4) is 0 Å². The second-order valence-electron chi connectivity index (χ2n) is 5.23. The van der Waals surface area contributed by atoms with Crippen LogP contribution in [0.3, 0.4) is 0 Å². The summed E-state index contributed by atoms with van der Waals surface area (Å²) in [6.45, 7) is 3.00. The fraction of sp³-hybridized carbons (Fsp3) is 0.294. The average molecular weight is 255 g/mol. The van der Waals surface area contributed by atoms with Crippen LogP contribution in [0.1, 0.15) is 28.3 Å². The number of fused-ring (bicyclic) bond motifs is 1. The maximum Gasteiger partial charge on any atom is 0.123 e. The highest BCUT2D eigenvalue weighted by Gasteiger charge is 2.19. The first kappa shape index (κ1) is 12.4. The standard InChI is InChI=1S/C17H18FN/c1-12-10-15(18)7-6-14(12)11-17-16-5-3-2-4-13(16)8-9-19-17/h2-7,10,17,19H,8-9,11H2,1H3. The molecule has 1 aliphatic heterocycles. The largest absolute Gasteiger partial charge is 0.309 e. The molecule has 1 aliphatic rings. The van der Waals surface area contributed by atoms with E-state index < -0.39 is 0 Å². The normalized spacial score (nSPS) is 18.1. The van der Waals surface area contributed by atoms with Crippen molar-refractivity contribution in [2.75, 3.05) is 6.54 Å². The quantitative estimate of drug-likeness (QED) is 0.865. The topological polar surface area (TPSA) is 12.0 Å². The summed E-state index contributed by atoms with van der Waals surface area (Å²) in [6, 6.07) is 14.0. The summed E-state index contributed by atoms with van der Waals surface area (Å²) in [5.74, 6) is -0.154. The smallest absolute Gasteiger partial charge is 0.123 e. The van der Waals surface area contributed by atoms with Crippen LogP contribution in [-0.4, -0.2) is 6.54 Å². The molecule has 0 fully saturated rings. The molecule has 1 heterocycles. The van der Waals surface area contributed by atoms with Gasteiger partial charge in [0.1, 0.15) is 5.82 Å². The predicted molar refractivity (Wildman–Crippen MR) is 75.7 cm³/mol. The van der Waals surface area contributed by atoms with Gasteiger partial charge in [-0.1, -0.05) is 30.3 Å². The number of hydrogen-bond acceptors (Lipinski definition) is 1. The molecular weight excluding hydrogens is 237 g/mol. The summed E-state index contributed by atoms with van der Waals surface area (Å²) in [5, 5.41) is 3.57. The molecule has 0 amide bonds. The molecule has 0 aromatic heterocycles. The summed E-state index contributed by atoms with van der Waals surface area (Å²) < 4.78 is 13.1. The zero-order chi connectivity index (χ0) is 13.2. The second-order valence-corrected chi connectivity index (χ2v) is 5.23. The van der Waals surface area contributed by atoms with Gasteiger partial charge in [-0.15, -0.1) is 0 Å². The van der Waals surface area contributed by atoms with E-state index in [4.69, 9.17) is 0 Å². The molecule has 0 saturated heterocycles. The van der Waals surface area contributed by atoms with Gasteiger partial charge in [0.15, 0.2) is 0 Å². The Kier molecular flexibility index (Phi) is 3.34. The fourth-order valence-corrected chi connectivity index (χ4v) is 2.88. The Labute approximate surface area is 113 Å². The SMILES string of the molecule is Cc1cc(F)ccc1CC1NCCc2ccccc21. The van der Waals surface area contributed by atoms with Crippen molar-refractivity contribution in [2.45, 2.75) is 25.8 Å². The molecule has 1 unspecified atom stereocenters. The van der Waals surface area contributed by atoms with Crippen LogP contribution in [0, 0.1) is 12.7 Å². The first-order valence-electron chi connectivity index (χ1n) is 6.80. The van der Waals surface area contributed by atoms with Crippen LogP contribution in [0.2, 0.25) is 0 Å². The van der Waals surface area contributed by atoms with Crippen LogP contribution in [0.5, 0.6) is 0 Å². The van der Waals surface area contributed by atoms with Crippen LogP contribution >= 0.6 is 0 Å². The average Bonchev–Trinajstić information content (AvgIpc) is 2.42. The number of benzene rings is 2. The molecule has 2 aromatic rings. The molecule has 1 nitrogen and oxygen atoms in total. The molecule has 3 rings (SSSR count). The Morgan fingerprint density at radius 3 is 2.89 bits per heavy atom. The van der Waals surface area contributed by atoms with Crippen molar-refractivity contribution in [1.29, 1.82) is 0 Å². The van der Waals surface area contributed by atoms with Crippen molar-refractivity contribution in [1.82, 2.24) is 5.32 Å². The van der Waals surface area contributed by atoms with E-state index in [-0.39, 0.29) is 5.82 Å². The molecular formula is C17H18FN. The highest BCUT2D eigenvalue weighted by molar-refractivity contribution is 5.35. The minimum absolute atomic E-state index is 0.154. The lowest BCUT2D eigenvalue weighted by atomic mass is 9.89. The molecule has 1 N–H and O–H groups in total. The molecule has 98 valence electrons. The van der Waals surface area contributed by atoms with Gasteiger partial charge in [-0.25, -0.2) is 4.39 Å². The zero-order valence-corrected chi connectivity index (χ0v) is 11.1. The number of halogens is 1. The Morgan fingerprint density at radius 2 is 2.05 bits per heavy atom. The van der Waals surface area contributed by atoms with E-state index in [1.165, 1.54) is 16.7 Å². The summed E-state index contributed by atoms with van der Waals surface area (Å²) in [7, 11) is 0. The van der Waals surface area contributed by atoms with E-state index in [9.17, 15) is 4.39 Å². The summed E-state index contributed by atoms with van der Waals surface area (Å²) in [5.41, 5.74) is 5.07. The van der Waals surface area contributed by atoms with Gasteiger partial charge in [-0.05, 0) is 60.7 Å². The van der Waals surface area contributed by atoms with Crippen molar-refractivity contribution in [2.24, 2.45) is 0 Å². The predicted octanol–water partition coefficient (Wildman–Crippen LogP) is 3.56. The van der Waals surface area contributed by atoms with E-state index in [0.717, 1.165) is 24.9 Å². The fourth-order valence-electron chi connectivity index (χ4n) is 2.88. The Balaban J connectivity index is 1.88. The van der Waals surface area contributed by atoms with E-state index in [1.54, 1.807) is 12.1 Å². The Hall–Kier alpha value is -1.67. The summed E-state index contributed by atoms with van der Waals surface area (Å²) >= 11 is 0. The number of hydrogen-bond donors (Lipinski definition) is 1. The van der Waals surface area contributed by atoms with E-state index >= 15 is 0 Å². The van der Waals surface area contributed by atoms with Gasteiger partial charge < -0.3 is 5.32 Å². The molecule has 0 bridgehead atoms. The van der Waals surface area contributed by atoms with Gasteiger partial charge in [-0.3, -0.25) is 0 Å². The van der Waals surface area contributed by atoms with Crippen LogP contribution in [0.25, 0.3) is 0 Å². The van der Waals surface area contributed by atoms with E-state index in [2.05, 4.69) is 29.6 Å². The maximum atomic E-state index is 13.1. The van der Waals surface area contributed by atoms with Gasteiger partial charge in [0.2, 0.25) is 0 Å². The summed E-state index contributed by atoms with van der Waals surface area (Å²) in [4.78, 5) is 0. The van der Waals surface area contributed by atoms with Gasteiger partial charge in [0.25, 0.3) is 0 Å². The first-order chi connectivity index (χ1) is 9.24. The Morgan fingerprint density at radius 1 is 1.21 bits per heavy atom. The number of aryl methyl sites for hydroxylation is 1. The minimum Gasteiger partial charge on any atom is -0.309 e. The molecule has 2 aromatic carbocycles. The summed E-state index contributed by atoms with van der Waals surface area (Å²) in [6.07, 6.45) is 2.01. The van der Waals surface area contributed by atoms with Crippen molar-refractivity contribution in [3.05, 3.63) is 70.5 Å². The highest BCUT2D eigenvalue weighted by Crippen LogP contribution is 2.26. The van der Waals surface area contributed by atoms with Gasteiger partial charge in [0, 0.05) is 6.04 Å². The zero-order valence-electron chi connectivity index (χ0n) is 11.1. The van der Waals surface area contributed by atoms with Crippen LogP contribution < -0.4 is 5.32 Å². The van der Waals surface area contributed by atoms with E-state index in [1.807, 2.05) is 13.0 Å². The van der Waals surface area contributed by atoms with Crippen LogP contribution in [0.15, 0.2) is 42.5 Å². The van der Waals surface area contributed by atoms with Crippen LogP contribution in [-0.2, 0) is 12.8 Å². The van der Waals surface area contributed by atoms with Crippen molar-refractivity contribution in [3.63, 3.8) is 0 Å². The maximum absolute atomic E-state index is 13.1. The number of rotatable bonds is 2. The minimum atomic E-state index is -0.154. The van der Waals surface area contributed by atoms with Crippen molar-refractivity contribution < 1.29 is 4.39 Å².